The van der Waals surface area contributed by atoms with E-state index in [1.807, 2.05) is 24.3 Å². The van der Waals surface area contributed by atoms with E-state index in [-0.39, 0.29) is 6.04 Å². The second-order valence-electron chi connectivity index (χ2n) is 4.78. The summed E-state index contributed by atoms with van der Waals surface area (Å²) in [4.78, 5) is 2.33. The van der Waals surface area contributed by atoms with Gasteiger partial charge in [0.15, 0.2) is 0 Å². The Kier molecular flexibility index (Phi) is 6.84. The molecular formula is C15H26N2O2. The Morgan fingerprint density at radius 1 is 1.32 bits per heavy atom. The zero-order chi connectivity index (χ0) is 14.3. The third kappa shape index (κ3) is 4.82. The van der Waals surface area contributed by atoms with Crippen LogP contribution in [-0.2, 0) is 4.74 Å². The molecule has 1 aromatic carbocycles. The Bertz CT molecular complexity index is 371. The first-order valence-corrected chi connectivity index (χ1v) is 6.74. The zero-order valence-corrected chi connectivity index (χ0v) is 12.4. The number of ether oxygens (including phenoxy) is 2. The monoisotopic (exact) mass is 266 g/mol. The van der Waals surface area contributed by atoms with Crippen LogP contribution in [0.3, 0.4) is 0 Å². The van der Waals surface area contributed by atoms with Gasteiger partial charge >= 0.3 is 0 Å². The predicted octanol–water partition coefficient (Wildman–Crippen LogP) is 2.05. The lowest BCUT2D eigenvalue weighted by Crippen LogP contribution is -2.40. The molecule has 0 saturated carbocycles. The highest BCUT2D eigenvalue weighted by Crippen LogP contribution is 2.19. The molecule has 0 aliphatic carbocycles. The van der Waals surface area contributed by atoms with Crippen molar-refractivity contribution in [3.8, 4) is 5.75 Å². The Morgan fingerprint density at radius 3 is 2.63 bits per heavy atom. The van der Waals surface area contributed by atoms with Crippen LogP contribution < -0.4 is 10.5 Å². The van der Waals surface area contributed by atoms with Crippen molar-refractivity contribution in [1.82, 2.24) is 4.90 Å². The van der Waals surface area contributed by atoms with Crippen LogP contribution in [0.15, 0.2) is 24.3 Å². The quantitative estimate of drug-likeness (QED) is 0.782. The molecule has 0 bridgehead atoms. The zero-order valence-electron chi connectivity index (χ0n) is 12.4. The van der Waals surface area contributed by atoms with E-state index >= 15 is 0 Å². The molecular weight excluding hydrogens is 240 g/mol. The lowest BCUT2D eigenvalue weighted by atomic mass is 10.1. The summed E-state index contributed by atoms with van der Waals surface area (Å²) in [5, 5.41) is 0. The molecule has 0 fully saturated rings. The summed E-state index contributed by atoms with van der Waals surface area (Å²) in [6, 6.07) is 8.30. The van der Waals surface area contributed by atoms with Gasteiger partial charge in [-0.2, -0.15) is 0 Å². The van der Waals surface area contributed by atoms with Gasteiger partial charge in [-0.15, -0.1) is 0 Å². The van der Waals surface area contributed by atoms with Crippen LogP contribution in [0.4, 0.5) is 0 Å². The van der Waals surface area contributed by atoms with Crippen LogP contribution in [0.2, 0.25) is 0 Å². The molecule has 2 N–H and O–H groups in total. The number of methoxy groups -OCH3 is 2. The van der Waals surface area contributed by atoms with Gasteiger partial charge in [0, 0.05) is 25.7 Å². The highest BCUT2D eigenvalue weighted by atomic mass is 16.5. The van der Waals surface area contributed by atoms with Crippen LogP contribution in [0.25, 0.3) is 0 Å². The van der Waals surface area contributed by atoms with Gasteiger partial charge in [-0.1, -0.05) is 19.1 Å². The van der Waals surface area contributed by atoms with E-state index in [2.05, 4.69) is 18.7 Å². The number of rotatable bonds is 8. The summed E-state index contributed by atoms with van der Waals surface area (Å²) in [6.07, 6.45) is 0. The van der Waals surface area contributed by atoms with Crippen LogP contribution in [0, 0.1) is 0 Å². The first-order chi connectivity index (χ1) is 9.12. The molecule has 0 saturated heterocycles. The topological polar surface area (TPSA) is 47.7 Å². The van der Waals surface area contributed by atoms with E-state index in [1.54, 1.807) is 14.2 Å². The van der Waals surface area contributed by atoms with Gasteiger partial charge in [0.2, 0.25) is 0 Å². The van der Waals surface area contributed by atoms with Crippen LogP contribution >= 0.6 is 0 Å². The Hall–Kier alpha value is -1.10. The number of benzene rings is 1. The Balaban J connectivity index is 2.68. The van der Waals surface area contributed by atoms with Crippen molar-refractivity contribution in [3.05, 3.63) is 29.8 Å². The van der Waals surface area contributed by atoms with Gasteiger partial charge < -0.3 is 15.2 Å². The number of hydrogen-bond acceptors (Lipinski definition) is 4. The van der Waals surface area contributed by atoms with Crippen molar-refractivity contribution < 1.29 is 9.47 Å². The molecule has 0 heterocycles. The maximum Gasteiger partial charge on any atom is 0.119 e. The van der Waals surface area contributed by atoms with Gasteiger partial charge in [-0.05, 0) is 31.2 Å². The molecule has 108 valence electrons. The second kappa shape index (κ2) is 8.15. The molecule has 4 nitrogen and oxygen atoms in total. The minimum Gasteiger partial charge on any atom is -0.497 e. The molecule has 2 unspecified atom stereocenters. The van der Waals surface area contributed by atoms with Crippen molar-refractivity contribution in [1.29, 1.82) is 0 Å². The molecule has 0 aromatic heterocycles. The maximum absolute atomic E-state index is 6.29. The highest BCUT2D eigenvalue weighted by molar-refractivity contribution is 5.30. The minimum absolute atomic E-state index is 0.0191. The smallest absolute Gasteiger partial charge is 0.119 e. The standard InChI is InChI=1S/C15H26N2O2/c1-5-17(12(2)11-18-3)10-15(16)13-7-6-8-14(9-13)19-4/h6-9,12,15H,5,10-11,16H2,1-4H3. The van der Waals surface area contributed by atoms with E-state index < -0.39 is 0 Å². The molecule has 4 heteroatoms. The molecule has 0 aliphatic rings. The third-order valence-corrected chi connectivity index (χ3v) is 3.39. The summed E-state index contributed by atoms with van der Waals surface area (Å²) in [5.41, 5.74) is 7.39. The lowest BCUT2D eigenvalue weighted by Gasteiger charge is -2.30. The summed E-state index contributed by atoms with van der Waals surface area (Å²) in [6.45, 7) is 6.80. The van der Waals surface area contributed by atoms with E-state index in [0.717, 1.165) is 31.0 Å². The number of hydrogen-bond donors (Lipinski definition) is 1. The van der Waals surface area contributed by atoms with Gasteiger partial charge in [0.1, 0.15) is 5.75 Å². The second-order valence-corrected chi connectivity index (χ2v) is 4.78. The molecule has 1 aromatic rings. The number of likely N-dealkylation sites (N-methyl/N-ethyl adjacent to an activating group) is 1. The lowest BCUT2D eigenvalue weighted by molar-refractivity contribution is 0.0986. The van der Waals surface area contributed by atoms with Crippen molar-refractivity contribution in [3.63, 3.8) is 0 Å². The average molecular weight is 266 g/mol. The summed E-state index contributed by atoms with van der Waals surface area (Å²) >= 11 is 0. The average Bonchev–Trinajstić information content (AvgIpc) is 2.44. The first kappa shape index (κ1) is 16.0. The van der Waals surface area contributed by atoms with Crippen LogP contribution in [0.5, 0.6) is 5.75 Å². The molecule has 0 spiro atoms. The van der Waals surface area contributed by atoms with Crippen molar-refractivity contribution in [2.75, 3.05) is 33.9 Å². The van der Waals surface area contributed by atoms with Gasteiger partial charge in [0.25, 0.3) is 0 Å². The largest absolute Gasteiger partial charge is 0.497 e. The van der Waals surface area contributed by atoms with Gasteiger partial charge in [0.05, 0.1) is 13.7 Å². The maximum atomic E-state index is 6.29. The molecule has 0 radical (unpaired) electrons. The molecule has 1 rings (SSSR count). The van der Waals surface area contributed by atoms with Crippen molar-refractivity contribution in [2.24, 2.45) is 5.73 Å². The third-order valence-electron chi connectivity index (χ3n) is 3.39. The SMILES string of the molecule is CCN(CC(N)c1cccc(OC)c1)C(C)COC. The minimum atomic E-state index is -0.0191. The van der Waals surface area contributed by atoms with E-state index in [1.165, 1.54) is 0 Å². The van der Waals surface area contributed by atoms with E-state index in [0.29, 0.717) is 6.04 Å². The van der Waals surface area contributed by atoms with E-state index in [9.17, 15) is 0 Å². The normalized spacial score (nSPS) is 14.4. The molecule has 0 aliphatic heterocycles. The predicted molar refractivity (Wildman–Crippen MR) is 78.5 cm³/mol. The first-order valence-electron chi connectivity index (χ1n) is 6.74. The fraction of sp³-hybridized carbons (Fsp3) is 0.600. The van der Waals surface area contributed by atoms with Crippen LogP contribution in [0.1, 0.15) is 25.5 Å². The fourth-order valence-electron chi connectivity index (χ4n) is 2.20. The fourth-order valence-corrected chi connectivity index (χ4v) is 2.20. The molecule has 2 atom stereocenters. The summed E-state index contributed by atoms with van der Waals surface area (Å²) in [5.74, 6) is 0.848. The summed E-state index contributed by atoms with van der Waals surface area (Å²) in [7, 11) is 3.40. The van der Waals surface area contributed by atoms with Crippen molar-refractivity contribution >= 4 is 0 Å². The highest BCUT2D eigenvalue weighted by Gasteiger charge is 2.16. The van der Waals surface area contributed by atoms with E-state index in [4.69, 9.17) is 15.2 Å². The van der Waals surface area contributed by atoms with Crippen LogP contribution in [-0.4, -0.2) is 44.9 Å². The van der Waals surface area contributed by atoms with Gasteiger partial charge in [-0.3, -0.25) is 4.90 Å². The summed E-state index contributed by atoms with van der Waals surface area (Å²) < 4.78 is 10.4. The Labute approximate surface area is 116 Å². The van der Waals surface area contributed by atoms with Gasteiger partial charge in [-0.25, -0.2) is 0 Å². The number of nitrogens with two attached hydrogens (primary N) is 1. The Morgan fingerprint density at radius 2 is 2.05 bits per heavy atom. The molecule has 0 amide bonds. The van der Waals surface area contributed by atoms with Crippen molar-refractivity contribution in [2.45, 2.75) is 25.9 Å². The molecule has 19 heavy (non-hydrogen) atoms. The number of nitrogens with zero attached hydrogens (tertiary/aromatic N) is 1.